The molecule has 28 heavy (non-hydrogen) atoms. The van der Waals surface area contributed by atoms with Crippen LogP contribution in [0.1, 0.15) is 48.5 Å². The Morgan fingerprint density at radius 1 is 0.893 bits per heavy atom. The van der Waals surface area contributed by atoms with Gasteiger partial charge in [0.05, 0.1) is 12.7 Å². The molecule has 0 saturated carbocycles. The molecule has 0 N–H and O–H groups in total. The van der Waals surface area contributed by atoms with Gasteiger partial charge < -0.3 is 14.5 Å². The Bertz CT molecular complexity index is 834. The Morgan fingerprint density at radius 3 is 2.32 bits per heavy atom. The third kappa shape index (κ3) is 4.53. The second-order valence-electron chi connectivity index (χ2n) is 7.14. The average molecular weight is 380 g/mol. The van der Waals surface area contributed by atoms with Crippen molar-refractivity contribution in [2.45, 2.75) is 39.2 Å². The standard InChI is InChI=1S/C23H28N2O3/c1-18(26)25-16-10-4-3-9-15-24(17-19-11-5-7-13-21(19)25)23(27)20-12-6-8-14-22(20)28-2/h5-8,11-14H,3-4,9-10,15-17H2,1-2H3. The Balaban J connectivity index is 1.97. The van der Waals surface area contributed by atoms with Crippen molar-refractivity contribution in [1.82, 2.24) is 4.90 Å². The molecule has 3 rings (SSSR count). The molecule has 0 atom stereocenters. The first-order valence-electron chi connectivity index (χ1n) is 9.90. The molecule has 1 aliphatic heterocycles. The number of hydrogen-bond donors (Lipinski definition) is 0. The predicted molar refractivity (Wildman–Crippen MR) is 111 cm³/mol. The summed E-state index contributed by atoms with van der Waals surface area (Å²) in [5.41, 5.74) is 2.46. The van der Waals surface area contributed by atoms with E-state index in [1.807, 2.05) is 52.3 Å². The van der Waals surface area contributed by atoms with E-state index in [-0.39, 0.29) is 11.8 Å². The number of methoxy groups -OCH3 is 1. The van der Waals surface area contributed by atoms with Gasteiger partial charge in [-0.3, -0.25) is 9.59 Å². The van der Waals surface area contributed by atoms with Crippen molar-refractivity contribution < 1.29 is 14.3 Å². The number of para-hydroxylation sites is 2. The fourth-order valence-corrected chi connectivity index (χ4v) is 3.73. The van der Waals surface area contributed by atoms with Crippen molar-refractivity contribution in [2.75, 3.05) is 25.1 Å². The lowest BCUT2D eigenvalue weighted by molar-refractivity contribution is -0.116. The van der Waals surface area contributed by atoms with Gasteiger partial charge in [-0.15, -0.1) is 0 Å². The number of fused-ring (bicyclic) bond motifs is 1. The molecule has 0 spiro atoms. The van der Waals surface area contributed by atoms with Gasteiger partial charge in [0.15, 0.2) is 0 Å². The number of hydrogen-bond acceptors (Lipinski definition) is 3. The zero-order valence-electron chi connectivity index (χ0n) is 16.7. The number of rotatable bonds is 2. The first-order chi connectivity index (χ1) is 13.6. The van der Waals surface area contributed by atoms with Crippen LogP contribution in [0, 0.1) is 0 Å². The van der Waals surface area contributed by atoms with E-state index in [0.717, 1.165) is 36.9 Å². The summed E-state index contributed by atoms with van der Waals surface area (Å²) in [5, 5.41) is 0. The minimum atomic E-state index is -0.0409. The molecule has 0 aliphatic carbocycles. The summed E-state index contributed by atoms with van der Waals surface area (Å²) in [6.07, 6.45) is 4.00. The monoisotopic (exact) mass is 380 g/mol. The molecule has 1 aliphatic rings. The van der Waals surface area contributed by atoms with Crippen LogP contribution in [-0.2, 0) is 11.3 Å². The molecule has 0 unspecified atom stereocenters. The maximum atomic E-state index is 13.3. The first kappa shape index (κ1) is 19.9. The number of carbonyl (C=O) groups is 2. The van der Waals surface area contributed by atoms with Crippen molar-refractivity contribution in [2.24, 2.45) is 0 Å². The molecule has 2 amide bonds. The molecular formula is C23H28N2O3. The van der Waals surface area contributed by atoms with Crippen LogP contribution in [0.4, 0.5) is 5.69 Å². The summed E-state index contributed by atoms with van der Waals surface area (Å²) in [5.74, 6) is 0.579. The molecule has 0 fully saturated rings. The van der Waals surface area contributed by atoms with Crippen LogP contribution in [0.25, 0.3) is 0 Å². The molecular weight excluding hydrogens is 352 g/mol. The van der Waals surface area contributed by atoms with E-state index in [0.29, 0.717) is 30.9 Å². The highest BCUT2D eigenvalue weighted by molar-refractivity contribution is 5.97. The lowest BCUT2D eigenvalue weighted by Gasteiger charge is -2.27. The largest absolute Gasteiger partial charge is 0.496 e. The zero-order valence-corrected chi connectivity index (χ0v) is 16.7. The van der Waals surface area contributed by atoms with Crippen molar-refractivity contribution in [3.63, 3.8) is 0 Å². The second-order valence-corrected chi connectivity index (χ2v) is 7.14. The molecule has 0 aromatic heterocycles. The summed E-state index contributed by atoms with van der Waals surface area (Å²) >= 11 is 0. The van der Waals surface area contributed by atoms with Gasteiger partial charge in [-0.05, 0) is 36.6 Å². The highest BCUT2D eigenvalue weighted by Gasteiger charge is 2.23. The van der Waals surface area contributed by atoms with Crippen molar-refractivity contribution >= 4 is 17.5 Å². The number of benzene rings is 2. The maximum absolute atomic E-state index is 13.3. The van der Waals surface area contributed by atoms with Crippen LogP contribution in [0.5, 0.6) is 5.75 Å². The summed E-state index contributed by atoms with van der Waals surface area (Å²) in [7, 11) is 1.58. The van der Waals surface area contributed by atoms with Crippen LogP contribution in [0.3, 0.4) is 0 Å². The van der Waals surface area contributed by atoms with Crippen LogP contribution < -0.4 is 9.64 Å². The highest BCUT2D eigenvalue weighted by atomic mass is 16.5. The Labute approximate surface area is 166 Å². The van der Waals surface area contributed by atoms with E-state index in [4.69, 9.17) is 4.74 Å². The van der Waals surface area contributed by atoms with Crippen LogP contribution >= 0.6 is 0 Å². The summed E-state index contributed by atoms with van der Waals surface area (Å²) in [6, 6.07) is 15.2. The topological polar surface area (TPSA) is 49.9 Å². The van der Waals surface area contributed by atoms with Crippen molar-refractivity contribution in [3.05, 3.63) is 59.7 Å². The molecule has 1 heterocycles. The summed E-state index contributed by atoms with van der Waals surface area (Å²) in [6.45, 7) is 3.48. The van der Waals surface area contributed by atoms with E-state index in [1.165, 1.54) is 0 Å². The lowest BCUT2D eigenvalue weighted by atomic mass is 10.1. The minimum absolute atomic E-state index is 0.0364. The van der Waals surface area contributed by atoms with E-state index in [9.17, 15) is 9.59 Å². The molecule has 0 radical (unpaired) electrons. The minimum Gasteiger partial charge on any atom is -0.496 e. The fraction of sp³-hybridized carbons (Fsp3) is 0.391. The van der Waals surface area contributed by atoms with E-state index in [1.54, 1.807) is 20.1 Å². The normalized spacial score (nSPS) is 15.4. The third-order valence-corrected chi connectivity index (χ3v) is 5.21. The predicted octanol–water partition coefficient (Wildman–Crippen LogP) is 4.26. The Hall–Kier alpha value is -2.82. The Morgan fingerprint density at radius 2 is 1.57 bits per heavy atom. The summed E-state index contributed by atoms with van der Waals surface area (Å²) in [4.78, 5) is 29.3. The number of ether oxygens (including phenoxy) is 1. The third-order valence-electron chi connectivity index (χ3n) is 5.21. The first-order valence-corrected chi connectivity index (χ1v) is 9.90. The zero-order chi connectivity index (χ0) is 19.9. The number of carbonyl (C=O) groups excluding carboxylic acids is 2. The molecule has 2 aromatic carbocycles. The summed E-state index contributed by atoms with van der Waals surface area (Å²) < 4.78 is 5.40. The average Bonchev–Trinajstić information content (AvgIpc) is 2.76. The van der Waals surface area contributed by atoms with Crippen LogP contribution in [0.15, 0.2) is 48.5 Å². The SMILES string of the molecule is COc1ccccc1C(=O)N1CCCCCCN(C(C)=O)c2ccccc2C1. The Kier molecular flexibility index (Phi) is 6.69. The van der Waals surface area contributed by atoms with Gasteiger partial charge in [-0.2, -0.15) is 0 Å². The second kappa shape index (κ2) is 9.40. The van der Waals surface area contributed by atoms with Crippen LogP contribution in [0.2, 0.25) is 0 Å². The molecule has 0 saturated heterocycles. The van der Waals surface area contributed by atoms with E-state index >= 15 is 0 Å². The molecule has 2 aromatic rings. The fourth-order valence-electron chi connectivity index (χ4n) is 3.73. The number of amides is 2. The van der Waals surface area contributed by atoms with Gasteiger partial charge in [0.2, 0.25) is 5.91 Å². The van der Waals surface area contributed by atoms with Crippen molar-refractivity contribution in [1.29, 1.82) is 0 Å². The van der Waals surface area contributed by atoms with E-state index in [2.05, 4.69) is 0 Å². The number of anilines is 1. The van der Waals surface area contributed by atoms with Gasteiger partial charge in [-0.25, -0.2) is 0 Å². The lowest BCUT2D eigenvalue weighted by Crippen LogP contribution is -2.34. The van der Waals surface area contributed by atoms with Gasteiger partial charge in [0.25, 0.3) is 5.91 Å². The number of nitrogens with zero attached hydrogens (tertiary/aromatic N) is 2. The van der Waals surface area contributed by atoms with E-state index < -0.39 is 0 Å². The maximum Gasteiger partial charge on any atom is 0.257 e. The molecule has 5 heteroatoms. The van der Waals surface area contributed by atoms with Gasteiger partial charge in [0, 0.05) is 32.2 Å². The van der Waals surface area contributed by atoms with Crippen LogP contribution in [-0.4, -0.2) is 36.9 Å². The molecule has 148 valence electrons. The highest BCUT2D eigenvalue weighted by Crippen LogP contribution is 2.26. The van der Waals surface area contributed by atoms with Gasteiger partial charge >= 0.3 is 0 Å². The van der Waals surface area contributed by atoms with Gasteiger partial charge in [-0.1, -0.05) is 43.2 Å². The molecule has 5 nitrogen and oxygen atoms in total. The van der Waals surface area contributed by atoms with Gasteiger partial charge in [0.1, 0.15) is 5.75 Å². The smallest absolute Gasteiger partial charge is 0.257 e. The quantitative estimate of drug-likeness (QED) is 0.782. The van der Waals surface area contributed by atoms with Crippen molar-refractivity contribution in [3.8, 4) is 5.75 Å². The molecule has 0 bridgehead atoms.